The summed E-state index contributed by atoms with van der Waals surface area (Å²) in [5, 5.41) is 16.8. The van der Waals surface area contributed by atoms with Gasteiger partial charge < -0.3 is 29.0 Å². The first kappa shape index (κ1) is 47.3. The number of rotatable bonds is 12. The average molecular weight is 847 g/mol. The zero-order chi connectivity index (χ0) is 44.3. The highest BCUT2D eigenvalue weighted by atomic mass is 35.5. The van der Waals surface area contributed by atoms with E-state index >= 15 is 0 Å². The third-order valence-corrected chi connectivity index (χ3v) is 10.7. The number of carbonyl (C=O) groups excluding carboxylic acids is 2. The minimum atomic E-state index is -0.510. The zero-order valence-electron chi connectivity index (χ0n) is 36.2. The first-order chi connectivity index (χ1) is 29.4. The Balaban J connectivity index is 0.000000223. The second-order valence-corrected chi connectivity index (χ2v) is 14.7. The molecule has 0 spiro atoms. The standard InChI is InChI=1S/C25H27NO4.C13H18ClNO3.C12H10O/c1-17-14-21(23(15-18(17)2)24(26-29-4)25(27)28-3)16-30-22-12-10-20(11-13-22)19-8-6-5-7-9-19;1-8-5-10(7-14)11(6-9(8)2)12(15-18-4)13(16)17-3;13-12-8-6-11(7-9-12)10-4-2-1-3-5-10/h5-13H,14-16H2,1-4H3;5-7H2,1-4H3;1-9,13H/b26-24+;15-12+;. The molecule has 0 amide bonds. The van der Waals surface area contributed by atoms with Crippen molar-refractivity contribution in [3.63, 3.8) is 0 Å². The van der Waals surface area contributed by atoms with Crippen LogP contribution in [0, 0.1) is 0 Å². The van der Waals surface area contributed by atoms with Crippen LogP contribution >= 0.6 is 11.6 Å². The molecule has 0 radical (unpaired) electrons. The highest BCUT2D eigenvalue weighted by molar-refractivity contribution is 6.44. The van der Waals surface area contributed by atoms with Crippen LogP contribution in [0.15, 0.2) is 164 Å². The molecule has 0 bridgehead atoms. The highest BCUT2D eigenvalue weighted by Gasteiger charge is 2.27. The predicted octanol–water partition coefficient (Wildman–Crippen LogP) is 11.2. The number of hydrogen-bond acceptors (Lipinski definition) is 10. The second kappa shape index (κ2) is 24.0. The molecule has 6 rings (SSSR count). The number of phenolic OH excluding ortho intramolecular Hbond substituents is 1. The van der Waals surface area contributed by atoms with Gasteiger partial charge in [0.05, 0.1) is 14.2 Å². The molecule has 0 saturated carbocycles. The smallest absolute Gasteiger partial charge is 0.360 e. The van der Waals surface area contributed by atoms with Gasteiger partial charge in [0, 0.05) is 5.88 Å². The van der Waals surface area contributed by atoms with E-state index < -0.39 is 11.9 Å². The number of nitrogens with zero attached hydrogens (tertiary/aromatic N) is 2. The molecule has 0 aliphatic heterocycles. The maximum Gasteiger partial charge on any atom is 0.360 e. The van der Waals surface area contributed by atoms with Crippen LogP contribution in [0.5, 0.6) is 11.5 Å². The van der Waals surface area contributed by atoms with Gasteiger partial charge in [0.2, 0.25) is 0 Å². The minimum Gasteiger partial charge on any atom is -0.508 e. The highest BCUT2D eigenvalue weighted by Crippen LogP contribution is 2.33. The monoisotopic (exact) mass is 846 g/mol. The van der Waals surface area contributed by atoms with Crippen LogP contribution in [0.2, 0.25) is 0 Å². The van der Waals surface area contributed by atoms with Crippen LogP contribution in [-0.2, 0) is 28.7 Å². The minimum absolute atomic E-state index is 0.199. The van der Waals surface area contributed by atoms with Gasteiger partial charge >= 0.3 is 11.9 Å². The van der Waals surface area contributed by atoms with Crippen molar-refractivity contribution in [1.29, 1.82) is 0 Å². The first-order valence-corrected chi connectivity index (χ1v) is 20.3. The van der Waals surface area contributed by atoms with E-state index in [0.29, 0.717) is 31.1 Å². The lowest BCUT2D eigenvalue weighted by Crippen LogP contribution is -2.24. The summed E-state index contributed by atoms with van der Waals surface area (Å²) in [5.74, 6) is 0.443. The Morgan fingerprint density at radius 1 is 0.541 bits per heavy atom. The zero-order valence-corrected chi connectivity index (χ0v) is 37.0. The Labute approximate surface area is 364 Å². The number of carbonyl (C=O) groups is 2. The molecule has 61 heavy (non-hydrogen) atoms. The summed E-state index contributed by atoms with van der Waals surface area (Å²) in [4.78, 5) is 33.6. The Hall–Kier alpha value is -6.39. The summed E-state index contributed by atoms with van der Waals surface area (Å²) in [6.45, 7) is 8.65. The quantitative estimate of drug-likeness (QED) is 0.0491. The lowest BCUT2D eigenvalue weighted by Gasteiger charge is -2.23. The fourth-order valence-corrected chi connectivity index (χ4v) is 6.90. The number of methoxy groups -OCH3 is 2. The van der Waals surface area contributed by atoms with Gasteiger partial charge in [0.1, 0.15) is 32.3 Å². The third-order valence-electron chi connectivity index (χ3n) is 10.4. The van der Waals surface area contributed by atoms with Crippen LogP contribution < -0.4 is 4.74 Å². The molecule has 0 unspecified atom stereocenters. The van der Waals surface area contributed by atoms with Crippen molar-refractivity contribution in [2.45, 2.75) is 53.4 Å². The van der Waals surface area contributed by atoms with Gasteiger partial charge in [-0.15, -0.1) is 11.6 Å². The van der Waals surface area contributed by atoms with E-state index in [4.69, 9.17) is 40.6 Å². The lowest BCUT2D eigenvalue weighted by atomic mass is 9.85. The van der Waals surface area contributed by atoms with E-state index in [2.05, 4.69) is 43.2 Å². The van der Waals surface area contributed by atoms with E-state index in [-0.39, 0.29) is 11.4 Å². The number of benzene rings is 4. The molecule has 1 N–H and O–H groups in total. The van der Waals surface area contributed by atoms with Gasteiger partial charge in [0.25, 0.3) is 0 Å². The maximum atomic E-state index is 12.3. The molecule has 0 atom stereocenters. The van der Waals surface area contributed by atoms with Crippen molar-refractivity contribution in [1.82, 2.24) is 0 Å². The summed E-state index contributed by atoms with van der Waals surface area (Å²) in [6.07, 6.45) is 2.77. The molecule has 0 saturated heterocycles. The normalized spacial score (nSPS) is 14.3. The van der Waals surface area contributed by atoms with E-state index in [1.165, 1.54) is 56.3 Å². The Morgan fingerprint density at radius 2 is 0.918 bits per heavy atom. The Kier molecular flexibility index (Phi) is 18.6. The number of aromatic hydroxyl groups is 1. The molecule has 4 aromatic carbocycles. The molecular weight excluding hydrogens is 792 g/mol. The predicted molar refractivity (Wildman–Crippen MR) is 244 cm³/mol. The Bertz CT molecular complexity index is 2290. The van der Waals surface area contributed by atoms with Crippen molar-refractivity contribution in [3.05, 3.63) is 154 Å². The van der Waals surface area contributed by atoms with Crippen LogP contribution in [0.1, 0.15) is 53.4 Å². The Morgan fingerprint density at radius 3 is 1.33 bits per heavy atom. The van der Waals surface area contributed by atoms with Crippen LogP contribution in [0.25, 0.3) is 22.3 Å². The van der Waals surface area contributed by atoms with Crippen molar-refractivity contribution >= 4 is 35.0 Å². The second-order valence-electron chi connectivity index (χ2n) is 14.4. The molecule has 4 aromatic rings. The number of alkyl halides is 1. The third kappa shape index (κ3) is 13.6. The molecule has 0 aromatic heterocycles. The van der Waals surface area contributed by atoms with E-state index in [0.717, 1.165) is 57.6 Å². The van der Waals surface area contributed by atoms with Crippen LogP contribution in [-0.4, -0.2) is 69.4 Å². The summed E-state index contributed by atoms with van der Waals surface area (Å²) in [5.41, 5.74) is 13.6. The lowest BCUT2D eigenvalue weighted by molar-refractivity contribution is -0.133. The molecule has 11 heteroatoms. The first-order valence-electron chi connectivity index (χ1n) is 19.7. The number of phenols is 1. The number of hydrogen-bond donors (Lipinski definition) is 1. The molecule has 2 aliphatic carbocycles. The largest absolute Gasteiger partial charge is 0.508 e. The molecule has 0 fully saturated rings. The fraction of sp³-hybridized carbons (Fsp3) is 0.280. The summed E-state index contributed by atoms with van der Waals surface area (Å²) >= 11 is 5.95. The summed E-state index contributed by atoms with van der Waals surface area (Å²) in [6, 6.07) is 35.5. The van der Waals surface area contributed by atoms with E-state index in [9.17, 15) is 9.59 Å². The van der Waals surface area contributed by atoms with E-state index in [1.54, 1.807) is 12.1 Å². The topological polar surface area (TPSA) is 125 Å². The number of halogens is 1. The van der Waals surface area contributed by atoms with Crippen LogP contribution in [0.4, 0.5) is 0 Å². The number of allylic oxidation sites excluding steroid dienone is 5. The SMILES string of the molecule is CO/N=C(/C(=O)OC)C1=C(CCl)CC(C)=C(C)C1.CO/N=C(/C(=O)OC)C1=C(COc2ccc(-c3ccccc3)cc2)CC(C)=C(C)C1.Oc1ccc(-c2ccccc2)cc1. The number of oxime groups is 2. The molecule has 0 heterocycles. The molecule has 10 nitrogen and oxygen atoms in total. The van der Waals surface area contributed by atoms with Crippen LogP contribution in [0.3, 0.4) is 0 Å². The molecule has 2 aliphatic rings. The molecular formula is C50H55ClN2O8. The summed E-state index contributed by atoms with van der Waals surface area (Å²) < 4.78 is 15.7. The number of ether oxygens (including phenoxy) is 3. The van der Waals surface area contributed by atoms with Crippen molar-refractivity contribution in [2.24, 2.45) is 10.3 Å². The summed E-state index contributed by atoms with van der Waals surface area (Å²) in [7, 11) is 5.49. The number of esters is 2. The average Bonchev–Trinajstić information content (AvgIpc) is 3.29. The molecule has 320 valence electrons. The maximum absolute atomic E-state index is 12.3. The van der Waals surface area contributed by atoms with Crippen molar-refractivity contribution < 1.29 is 38.6 Å². The van der Waals surface area contributed by atoms with Gasteiger partial charge in [-0.3, -0.25) is 0 Å². The van der Waals surface area contributed by atoms with Crippen molar-refractivity contribution in [3.8, 4) is 33.8 Å². The van der Waals surface area contributed by atoms with Gasteiger partial charge in [-0.2, -0.15) is 0 Å². The van der Waals surface area contributed by atoms with E-state index in [1.807, 2.05) is 91.9 Å². The van der Waals surface area contributed by atoms with Gasteiger partial charge in [-0.1, -0.05) is 118 Å². The van der Waals surface area contributed by atoms with Gasteiger partial charge in [-0.05, 0) is 122 Å². The van der Waals surface area contributed by atoms with Gasteiger partial charge in [0.15, 0.2) is 11.4 Å². The van der Waals surface area contributed by atoms with Crippen molar-refractivity contribution in [2.75, 3.05) is 40.9 Å². The van der Waals surface area contributed by atoms with Gasteiger partial charge in [-0.25, -0.2) is 9.59 Å². The fourth-order valence-electron chi connectivity index (χ4n) is 6.64.